The molecule has 0 aliphatic carbocycles. The maximum atomic E-state index is 14.0. The second-order valence-electron chi connectivity index (χ2n) is 13.9. The van der Waals surface area contributed by atoms with E-state index in [4.69, 9.17) is 9.47 Å². The minimum absolute atomic E-state index is 0.0205. The zero-order valence-corrected chi connectivity index (χ0v) is 32.2. The van der Waals surface area contributed by atoms with E-state index in [0.29, 0.717) is 62.7 Å². The Kier molecular flexibility index (Phi) is 20.3. The summed E-state index contributed by atoms with van der Waals surface area (Å²) < 4.78 is 11.2. The Morgan fingerprint density at radius 2 is 1.85 bits per heavy atom. The third-order valence-corrected chi connectivity index (χ3v) is 9.42. The van der Waals surface area contributed by atoms with E-state index in [1.165, 1.54) is 11.1 Å². The van der Waals surface area contributed by atoms with Gasteiger partial charge in [0.1, 0.15) is 36.5 Å². The van der Waals surface area contributed by atoms with Gasteiger partial charge in [-0.05, 0) is 87.3 Å². The average molecular weight is 737 g/mol. The number of aliphatic hydroxyl groups excluding tert-OH is 1. The third kappa shape index (κ3) is 14.9. The average Bonchev–Trinajstić information content (AvgIpc) is 3.15. The van der Waals surface area contributed by atoms with Crippen molar-refractivity contribution in [3.8, 4) is 5.75 Å². The monoisotopic (exact) mass is 736 g/mol. The van der Waals surface area contributed by atoms with Gasteiger partial charge in [-0.2, -0.15) is 0 Å². The smallest absolute Gasteiger partial charge is 0.325 e. The van der Waals surface area contributed by atoms with Gasteiger partial charge in [0, 0.05) is 25.3 Å². The Balaban J connectivity index is 2.12. The lowest BCUT2D eigenvalue weighted by Gasteiger charge is -2.36. The number of rotatable bonds is 23. The van der Waals surface area contributed by atoms with Crippen LogP contribution in [0.2, 0.25) is 0 Å². The molecule has 1 saturated heterocycles. The molecule has 1 heterocycles. The van der Waals surface area contributed by atoms with Gasteiger partial charge >= 0.3 is 5.97 Å². The van der Waals surface area contributed by atoms with Crippen LogP contribution in [0.3, 0.4) is 0 Å². The quantitative estimate of drug-likeness (QED) is 0.0422. The second kappa shape index (κ2) is 24.0. The van der Waals surface area contributed by atoms with Crippen LogP contribution in [-0.2, 0) is 35.1 Å². The Labute approximate surface area is 315 Å². The molecule has 1 aromatic carbocycles. The summed E-state index contributed by atoms with van der Waals surface area (Å²) >= 11 is 0. The number of amides is 2. The fraction of sp³-hybridized carbons (Fsp3) is 0.537. The molecular weight excluding hydrogens is 676 g/mol. The Morgan fingerprint density at radius 3 is 2.47 bits per heavy atom. The molecule has 53 heavy (non-hydrogen) atoms. The molecule has 4 N–H and O–H groups in total. The molecule has 1 aromatic rings. The first-order chi connectivity index (χ1) is 25.4. The van der Waals surface area contributed by atoms with E-state index >= 15 is 0 Å². The lowest BCUT2D eigenvalue weighted by Crippen LogP contribution is -2.61. The van der Waals surface area contributed by atoms with Gasteiger partial charge in [-0.3, -0.25) is 24.2 Å². The first-order valence-electron chi connectivity index (χ1n) is 18.5. The highest BCUT2D eigenvalue weighted by molar-refractivity contribution is 5.90. The largest absolute Gasteiger partial charge is 0.497 e. The number of carbonyl (C=O) groups is 5. The van der Waals surface area contributed by atoms with Crippen molar-refractivity contribution in [3.05, 3.63) is 78.4 Å². The number of hydrogen-bond acceptors (Lipinski definition) is 10. The van der Waals surface area contributed by atoms with Gasteiger partial charge in [0.15, 0.2) is 0 Å². The number of aldehydes is 2. The molecule has 2 rings (SSSR count). The van der Waals surface area contributed by atoms with Gasteiger partial charge in [0.25, 0.3) is 5.91 Å². The maximum Gasteiger partial charge on any atom is 0.325 e. The van der Waals surface area contributed by atoms with Gasteiger partial charge < -0.3 is 30.0 Å². The van der Waals surface area contributed by atoms with Crippen molar-refractivity contribution in [2.45, 2.75) is 103 Å². The number of hydrazine groups is 1. The lowest BCUT2D eigenvalue weighted by atomic mass is 9.88. The molecule has 0 aromatic heterocycles. The van der Waals surface area contributed by atoms with Crippen LogP contribution in [0.25, 0.3) is 0 Å². The number of nitrogens with one attached hydrogen (secondary N) is 3. The van der Waals surface area contributed by atoms with Crippen LogP contribution in [0.15, 0.2) is 72.9 Å². The fourth-order valence-corrected chi connectivity index (χ4v) is 6.17. The molecule has 292 valence electrons. The van der Waals surface area contributed by atoms with Gasteiger partial charge in [-0.15, -0.1) is 6.58 Å². The minimum Gasteiger partial charge on any atom is -0.497 e. The SMILES string of the molecule is C=CCCC(C=O)C(O)C(C)C/C=C/C=C/C[C@H](OC(=O)C1CCCN(C(=O)C(Cc2cccc(OC)c2)NC(=O)C(NC)C(C)C)N1)/C(C)=C/C=O. The van der Waals surface area contributed by atoms with Gasteiger partial charge in [-0.25, -0.2) is 5.43 Å². The van der Waals surface area contributed by atoms with E-state index in [-0.39, 0.29) is 30.1 Å². The normalized spacial score (nSPS) is 18.5. The van der Waals surface area contributed by atoms with Crippen molar-refractivity contribution in [1.82, 2.24) is 21.1 Å². The Morgan fingerprint density at radius 1 is 1.13 bits per heavy atom. The van der Waals surface area contributed by atoms with Crippen LogP contribution in [0, 0.1) is 17.8 Å². The van der Waals surface area contributed by atoms with Gasteiger partial charge in [-0.1, -0.05) is 63.3 Å². The van der Waals surface area contributed by atoms with Crippen molar-refractivity contribution >= 4 is 30.4 Å². The van der Waals surface area contributed by atoms with Crippen molar-refractivity contribution in [2.75, 3.05) is 20.7 Å². The topological polar surface area (TPSA) is 163 Å². The van der Waals surface area contributed by atoms with Crippen molar-refractivity contribution in [3.63, 3.8) is 0 Å². The second-order valence-corrected chi connectivity index (χ2v) is 13.9. The number of allylic oxidation sites excluding steroid dienone is 5. The zero-order chi connectivity index (χ0) is 39.3. The fourth-order valence-electron chi connectivity index (χ4n) is 6.17. The molecule has 0 bridgehead atoms. The number of ether oxygens (including phenoxy) is 2. The number of benzene rings is 1. The number of hydrogen-bond donors (Lipinski definition) is 4. The minimum atomic E-state index is -0.926. The van der Waals surface area contributed by atoms with E-state index in [1.807, 2.05) is 57.2 Å². The molecule has 1 aliphatic rings. The molecule has 12 heteroatoms. The highest BCUT2D eigenvalue weighted by atomic mass is 16.5. The summed E-state index contributed by atoms with van der Waals surface area (Å²) in [5, 5.41) is 17.9. The standard InChI is InChI=1S/C41H60N4O8/c1-8-9-18-32(27-47)38(48)30(5)16-12-10-11-13-21-36(29(4)22-24-46)53-41(51)34-20-15-23-45(44-34)40(50)35(43-39(49)37(42-6)28(2)3)26-31-17-14-19-33(25-31)52-7/h8,10-14,17,19,22,24-25,27-28,30,32,34-38,42,44,48H,1,9,15-16,18,20-21,23,26H2,2-7H3,(H,43,49)/b12-10+,13-11+,29-22+/t30?,32?,34?,35?,36-,37?,38?/m0/s1. The summed E-state index contributed by atoms with van der Waals surface area (Å²) in [4.78, 5) is 63.5. The number of esters is 1. The maximum absolute atomic E-state index is 14.0. The summed E-state index contributed by atoms with van der Waals surface area (Å²) in [5.41, 5.74) is 4.39. The van der Waals surface area contributed by atoms with Gasteiger partial charge in [0.2, 0.25) is 5.91 Å². The first-order valence-corrected chi connectivity index (χ1v) is 18.5. The molecule has 1 aliphatic heterocycles. The Hall–Kier alpha value is -4.39. The number of aliphatic hydroxyl groups is 1. The molecule has 1 fully saturated rings. The van der Waals surface area contributed by atoms with Crippen LogP contribution in [0.5, 0.6) is 5.75 Å². The Bertz CT molecular complexity index is 1440. The molecule has 0 spiro atoms. The highest BCUT2D eigenvalue weighted by Gasteiger charge is 2.35. The van der Waals surface area contributed by atoms with E-state index in [1.54, 1.807) is 39.3 Å². The zero-order valence-electron chi connectivity index (χ0n) is 32.2. The van der Waals surface area contributed by atoms with E-state index in [0.717, 1.165) is 11.8 Å². The molecule has 2 amide bonds. The van der Waals surface area contributed by atoms with Crippen LogP contribution in [0.4, 0.5) is 0 Å². The van der Waals surface area contributed by atoms with Crippen LogP contribution >= 0.6 is 0 Å². The van der Waals surface area contributed by atoms with E-state index in [9.17, 15) is 29.1 Å². The van der Waals surface area contributed by atoms with Gasteiger partial charge in [0.05, 0.1) is 19.3 Å². The van der Waals surface area contributed by atoms with Crippen LogP contribution in [-0.4, -0.2) is 91.5 Å². The molecule has 6 unspecified atom stereocenters. The molecule has 0 saturated carbocycles. The molecule has 0 radical (unpaired) electrons. The van der Waals surface area contributed by atoms with E-state index < -0.39 is 42.2 Å². The summed E-state index contributed by atoms with van der Waals surface area (Å²) in [6.07, 6.45) is 13.6. The van der Waals surface area contributed by atoms with Crippen molar-refractivity contribution in [2.24, 2.45) is 17.8 Å². The van der Waals surface area contributed by atoms with E-state index in [2.05, 4.69) is 22.6 Å². The van der Waals surface area contributed by atoms with Crippen LogP contribution in [0.1, 0.15) is 71.8 Å². The van der Waals surface area contributed by atoms with Crippen molar-refractivity contribution < 1.29 is 38.6 Å². The predicted molar refractivity (Wildman–Crippen MR) is 206 cm³/mol. The summed E-state index contributed by atoms with van der Waals surface area (Å²) in [6.45, 7) is 11.4. The predicted octanol–water partition coefficient (Wildman–Crippen LogP) is 4.19. The number of carbonyl (C=O) groups excluding carboxylic acids is 5. The number of likely N-dealkylation sites (N-methyl/N-ethyl adjacent to an activating group) is 1. The molecule has 7 atom stereocenters. The van der Waals surface area contributed by atoms with Crippen molar-refractivity contribution in [1.29, 1.82) is 0 Å². The summed E-state index contributed by atoms with van der Waals surface area (Å²) in [7, 11) is 3.26. The summed E-state index contributed by atoms with van der Waals surface area (Å²) in [5.74, 6) is -1.23. The third-order valence-electron chi connectivity index (χ3n) is 9.42. The number of methoxy groups -OCH3 is 1. The first kappa shape index (κ1) is 44.8. The molecular formula is C41H60N4O8. The lowest BCUT2D eigenvalue weighted by molar-refractivity contribution is -0.156. The molecule has 12 nitrogen and oxygen atoms in total. The number of nitrogens with zero attached hydrogens (tertiary/aromatic N) is 1. The van der Waals surface area contributed by atoms with Crippen LogP contribution < -0.4 is 20.8 Å². The highest BCUT2D eigenvalue weighted by Crippen LogP contribution is 2.21. The summed E-state index contributed by atoms with van der Waals surface area (Å²) in [6, 6.07) is 5.03.